The Kier molecular flexibility index (Phi) is 4.76. The second kappa shape index (κ2) is 4.60. The second-order valence-corrected chi connectivity index (χ2v) is 3.79. The van der Waals surface area contributed by atoms with Crippen LogP contribution in [0.1, 0.15) is 0 Å². The van der Waals surface area contributed by atoms with Crippen LogP contribution >= 0.6 is 11.6 Å². The fourth-order valence-electron chi connectivity index (χ4n) is 0.607. The van der Waals surface area contributed by atoms with Gasteiger partial charge in [-0.25, -0.2) is 0 Å². The molecule has 1 aromatic rings. The van der Waals surface area contributed by atoms with Gasteiger partial charge in [-0.15, -0.1) is 0 Å². The molecule has 0 heterocycles. The van der Waals surface area contributed by atoms with Crippen LogP contribution in [0.2, 0.25) is 5.02 Å². The molecule has 1 rings (SSSR count). The molecule has 0 unspecified atom stereocenters. The fourth-order valence-corrected chi connectivity index (χ4v) is 1.21. The molecular formula is C6H6ClNaO3S. The van der Waals surface area contributed by atoms with Crippen molar-refractivity contribution in [2.75, 3.05) is 0 Å². The van der Waals surface area contributed by atoms with Gasteiger partial charge >= 0.3 is 29.6 Å². The van der Waals surface area contributed by atoms with Gasteiger partial charge in [-0.1, -0.05) is 11.6 Å². The first-order valence-corrected chi connectivity index (χ1v) is 4.55. The van der Waals surface area contributed by atoms with E-state index >= 15 is 0 Å². The predicted octanol–water partition coefficient (Wildman–Crippen LogP) is 0.938. The summed E-state index contributed by atoms with van der Waals surface area (Å²) in [7, 11) is -4.08. The Balaban J connectivity index is 0.00000121. The molecule has 0 atom stereocenters. The van der Waals surface area contributed by atoms with Crippen LogP contribution in [-0.4, -0.2) is 42.5 Å². The molecule has 0 fully saturated rings. The van der Waals surface area contributed by atoms with Crippen molar-refractivity contribution in [2.24, 2.45) is 0 Å². The molecule has 0 aliphatic carbocycles. The van der Waals surface area contributed by atoms with E-state index in [-0.39, 0.29) is 34.5 Å². The Morgan fingerprint density at radius 3 is 1.92 bits per heavy atom. The van der Waals surface area contributed by atoms with Crippen LogP contribution in [0.4, 0.5) is 0 Å². The molecule has 0 aliphatic rings. The van der Waals surface area contributed by atoms with Gasteiger partial charge in [0.05, 0.1) is 4.90 Å². The molecule has 0 aromatic heterocycles. The van der Waals surface area contributed by atoms with E-state index in [4.69, 9.17) is 16.2 Å². The number of benzene rings is 1. The molecule has 12 heavy (non-hydrogen) atoms. The number of hydrogen-bond acceptors (Lipinski definition) is 2. The van der Waals surface area contributed by atoms with Crippen molar-refractivity contribution in [2.45, 2.75) is 4.90 Å². The number of halogens is 1. The molecule has 0 radical (unpaired) electrons. The van der Waals surface area contributed by atoms with Crippen molar-refractivity contribution in [3.8, 4) is 0 Å². The predicted molar refractivity (Wildman–Crippen MR) is 48.4 cm³/mol. The maximum absolute atomic E-state index is 10.5. The van der Waals surface area contributed by atoms with E-state index in [0.29, 0.717) is 5.02 Å². The number of hydrogen-bond donors (Lipinski definition) is 1. The van der Waals surface area contributed by atoms with Crippen molar-refractivity contribution in [1.29, 1.82) is 0 Å². The Labute approximate surface area is 97.8 Å². The summed E-state index contributed by atoms with van der Waals surface area (Å²) in [5.74, 6) is 0. The zero-order valence-electron chi connectivity index (χ0n) is 5.36. The van der Waals surface area contributed by atoms with Crippen LogP contribution in [0.15, 0.2) is 29.2 Å². The van der Waals surface area contributed by atoms with Gasteiger partial charge in [0.15, 0.2) is 0 Å². The summed E-state index contributed by atoms with van der Waals surface area (Å²) in [6, 6.07) is 5.25. The molecular weight excluding hydrogens is 211 g/mol. The van der Waals surface area contributed by atoms with E-state index in [0.717, 1.165) is 0 Å². The summed E-state index contributed by atoms with van der Waals surface area (Å²) >= 11 is 5.49. The van der Waals surface area contributed by atoms with E-state index in [1.54, 1.807) is 0 Å². The van der Waals surface area contributed by atoms with E-state index < -0.39 is 10.1 Å². The third kappa shape index (κ3) is 3.43. The standard InChI is InChI=1S/C6H5ClO3S.Na.H/c7-5-1-3-6(4-2-5)11(8,9)10;;/h1-4H,(H,8,9,10);;. The fraction of sp³-hybridized carbons (Fsp3) is 0. The minimum absolute atomic E-state index is 0. The first-order chi connectivity index (χ1) is 5.00. The molecule has 1 N–H and O–H groups in total. The van der Waals surface area contributed by atoms with E-state index in [1.807, 2.05) is 0 Å². The van der Waals surface area contributed by atoms with Gasteiger partial charge in [-0.3, -0.25) is 4.55 Å². The summed E-state index contributed by atoms with van der Waals surface area (Å²) in [5.41, 5.74) is 0. The van der Waals surface area contributed by atoms with Gasteiger partial charge in [0.25, 0.3) is 10.1 Å². The van der Waals surface area contributed by atoms with Crippen molar-refractivity contribution in [3.63, 3.8) is 0 Å². The molecule has 0 amide bonds. The number of rotatable bonds is 1. The van der Waals surface area contributed by atoms with Crippen molar-refractivity contribution in [3.05, 3.63) is 29.3 Å². The monoisotopic (exact) mass is 216 g/mol. The Bertz CT molecular complexity index is 346. The SMILES string of the molecule is O=S(=O)(O)c1ccc(Cl)cc1.[NaH]. The third-order valence-corrected chi connectivity index (χ3v) is 2.23. The molecule has 0 spiro atoms. The van der Waals surface area contributed by atoms with Crippen molar-refractivity contribution in [1.82, 2.24) is 0 Å². The molecule has 6 heteroatoms. The zero-order chi connectivity index (χ0) is 8.48. The van der Waals surface area contributed by atoms with Gasteiger partial charge < -0.3 is 0 Å². The van der Waals surface area contributed by atoms with E-state index in [1.165, 1.54) is 24.3 Å². The molecule has 0 bridgehead atoms. The summed E-state index contributed by atoms with van der Waals surface area (Å²) in [6.45, 7) is 0. The molecule has 1 aromatic carbocycles. The van der Waals surface area contributed by atoms with Gasteiger partial charge in [-0.2, -0.15) is 8.42 Å². The van der Waals surface area contributed by atoms with Crippen LogP contribution in [0.5, 0.6) is 0 Å². The normalized spacial score (nSPS) is 10.5. The maximum atomic E-state index is 10.5. The van der Waals surface area contributed by atoms with Gasteiger partial charge in [0.1, 0.15) is 0 Å². The van der Waals surface area contributed by atoms with Gasteiger partial charge in [0, 0.05) is 5.02 Å². The van der Waals surface area contributed by atoms with Gasteiger partial charge in [-0.05, 0) is 24.3 Å². The van der Waals surface area contributed by atoms with Crippen LogP contribution in [-0.2, 0) is 10.1 Å². The average molecular weight is 217 g/mol. The summed E-state index contributed by atoms with van der Waals surface area (Å²) in [5, 5.41) is 0.428. The summed E-state index contributed by atoms with van der Waals surface area (Å²) < 4.78 is 29.4. The Hall–Kier alpha value is 0.420. The molecule has 0 saturated carbocycles. The average Bonchev–Trinajstić information content (AvgIpc) is 1.86. The first-order valence-electron chi connectivity index (χ1n) is 2.73. The van der Waals surface area contributed by atoms with Crippen LogP contribution in [0.3, 0.4) is 0 Å². The third-order valence-electron chi connectivity index (χ3n) is 1.11. The molecule has 62 valence electrons. The van der Waals surface area contributed by atoms with Crippen LogP contribution in [0, 0.1) is 0 Å². The summed E-state index contributed by atoms with van der Waals surface area (Å²) in [4.78, 5) is -0.151. The molecule has 0 saturated heterocycles. The Morgan fingerprint density at radius 1 is 1.17 bits per heavy atom. The second-order valence-electron chi connectivity index (χ2n) is 1.93. The van der Waals surface area contributed by atoms with Crippen molar-refractivity contribution >= 4 is 51.3 Å². The first kappa shape index (κ1) is 12.4. The van der Waals surface area contributed by atoms with Crippen molar-refractivity contribution < 1.29 is 13.0 Å². The van der Waals surface area contributed by atoms with Crippen LogP contribution < -0.4 is 0 Å². The zero-order valence-corrected chi connectivity index (χ0v) is 6.93. The summed E-state index contributed by atoms with van der Waals surface area (Å²) in [6.07, 6.45) is 0. The van der Waals surface area contributed by atoms with E-state index in [2.05, 4.69) is 0 Å². The van der Waals surface area contributed by atoms with Crippen LogP contribution in [0.25, 0.3) is 0 Å². The molecule has 3 nitrogen and oxygen atoms in total. The topological polar surface area (TPSA) is 54.4 Å². The quantitative estimate of drug-likeness (QED) is 0.562. The molecule has 0 aliphatic heterocycles. The Morgan fingerprint density at radius 2 is 1.58 bits per heavy atom. The minimum atomic E-state index is -4.08. The van der Waals surface area contributed by atoms with Gasteiger partial charge in [0.2, 0.25) is 0 Å². The van der Waals surface area contributed by atoms with E-state index in [9.17, 15) is 8.42 Å².